The average molecular weight is 153 g/mol. The van der Waals surface area contributed by atoms with E-state index in [1.165, 1.54) is 0 Å². The molecule has 1 aliphatic rings. The van der Waals surface area contributed by atoms with Gasteiger partial charge in [-0.1, -0.05) is 5.92 Å². The van der Waals surface area contributed by atoms with Gasteiger partial charge in [0.1, 0.15) is 0 Å². The summed E-state index contributed by atoms with van der Waals surface area (Å²) in [6.45, 7) is 0.504. The van der Waals surface area contributed by atoms with Gasteiger partial charge in [0, 0.05) is 6.54 Å². The smallest absolute Gasteiger partial charge is 0.307 e. The molecule has 1 fully saturated rings. The van der Waals surface area contributed by atoms with Crippen LogP contribution in [0.5, 0.6) is 0 Å². The summed E-state index contributed by atoms with van der Waals surface area (Å²) >= 11 is 0. The molecule has 0 spiro atoms. The van der Waals surface area contributed by atoms with Crippen molar-refractivity contribution in [3.05, 3.63) is 0 Å². The van der Waals surface area contributed by atoms with Crippen LogP contribution in [0.15, 0.2) is 0 Å². The maximum atomic E-state index is 10.5. The average Bonchev–Trinajstić information content (AvgIpc) is 2.05. The van der Waals surface area contributed by atoms with Crippen LogP contribution in [0.3, 0.4) is 0 Å². The van der Waals surface area contributed by atoms with Gasteiger partial charge in [-0.3, -0.25) is 4.79 Å². The van der Waals surface area contributed by atoms with Crippen molar-refractivity contribution in [3.63, 3.8) is 0 Å². The molecule has 0 aromatic carbocycles. The van der Waals surface area contributed by atoms with E-state index in [0.29, 0.717) is 13.0 Å². The minimum Gasteiger partial charge on any atom is -0.481 e. The number of piperidine rings is 1. The molecule has 3 heteroatoms. The van der Waals surface area contributed by atoms with Gasteiger partial charge in [-0.15, -0.1) is 6.42 Å². The van der Waals surface area contributed by atoms with Crippen LogP contribution >= 0.6 is 0 Å². The van der Waals surface area contributed by atoms with E-state index < -0.39 is 5.97 Å². The summed E-state index contributed by atoms with van der Waals surface area (Å²) in [4.78, 5) is 10.5. The highest BCUT2D eigenvalue weighted by molar-refractivity contribution is 5.70. The topological polar surface area (TPSA) is 49.3 Å². The lowest BCUT2D eigenvalue weighted by Crippen LogP contribution is -2.40. The number of hydrogen-bond donors (Lipinski definition) is 2. The van der Waals surface area contributed by atoms with Crippen LogP contribution in [0.4, 0.5) is 0 Å². The first kappa shape index (κ1) is 8.09. The van der Waals surface area contributed by atoms with Crippen LogP contribution < -0.4 is 5.32 Å². The monoisotopic (exact) mass is 153 g/mol. The van der Waals surface area contributed by atoms with Crippen molar-refractivity contribution in [2.24, 2.45) is 5.92 Å². The van der Waals surface area contributed by atoms with E-state index in [2.05, 4.69) is 11.2 Å². The minimum atomic E-state index is -0.729. The molecule has 11 heavy (non-hydrogen) atoms. The summed E-state index contributed by atoms with van der Waals surface area (Å²) in [5.41, 5.74) is 0. The Morgan fingerprint density at radius 2 is 2.36 bits per heavy atom. The molecule has 1 rings (SSSR count). The van der Waals surface area contributed by atoms with Gasteiger partial charge in [0.15, 0.2) is 0 Å². The Labute approximate surface area is 65.8 Å². The summed E-state index contributed by atoms with van der Waals surface area (Å²) < 4.78 is 0. The zero-order valence-electron chi connectivity index (χ0n) is 6.21. The number of carboxylic acids is 1. The summed E-state index contributed by atoms with van der Waals surface area (Å²) in [5, 5.41) is 11.6. The molecule has 2 unspecified atom stereocenters. The molecule has 1 heterocycles. The number of aliphatic carboxylic acids is 1. The van der Waals surface area contributed by atoms with Crippen LogP contribution in [0.1, 0.15) is 12.8 Å². The second kappa shape index (κ2) is 3.40. The second-order valence-electron chi connectivity index (χ2n) is 2.74. The van der Waals surface area contributed by atoms with E-state index in [4.69, 9.17) is 11.5 Å². The third-order valence-electron chi connectivity index (χ3n) is 1.96. The Balaban J connectivity index is 2.37. The van der Waals surface area contributed by atoms with Gasteiger partial charge >= 0.3 is 5.97 Å². The third kappa shape index (κ3) is 1.95. The lowest BCUT2D eigenvalue weighted by molar-refractivity contribution is -0.142. The first-order valence-corrected chi connectivity index (χ1v) is 3.66. The first-order chi connectivity index (χ1) is 5.24. The quantitative estimate of drug-likeness (QED) is 0.524. The molecular formula is C8H11NO2. The molecule has 3 nitrogen and oxygen atoms in total. The van der Waals surface area contributed by atoms with Crippen molar-refractivity contribution >= 4 is 5.97 Å². The lowest BCUT2D eigenvalue weighted by atomic mass is 9.95. The summed E-state index contributed by atoms with van der Waals surface area (Å²) in [7, 11) is 0. The number of carbonyl (C=O) groups is 1. The third-order valence-corrected chi connectivity index (χ3v) is 1.96. The number of hydrogen-bond acceptors (Lipinski definition) is 2. The molecule has 60 valence electrons. The normalized spacial score (nSPS) is 30.8. The predicted octanol–water partition coefficient (Wildman–Crippen LogP) is 0.0724. The van der Waals surface area contributed by atoms with E-state index in [-0.39, 0.29) is 12.0 Å². The van der Waals surface area contributed by atoms with Crippen LogP contribution in [-0.2, 0) is 4.79 Å². The van der Waals surface area contributed by atoms with Crippen molar-refractivity contribution in [2.75, 3.05) is 6.54 Å². The summed E-state index contributed by atoms with van der Waals surface area (Å²) in [5.74, 6) is 1.58. The summed E-state index contributed by atoms with van der Waals surface area (Å²) in [6.07, 6.45) is 6.63. The Morgan fingerprint density at radius 3 is 2.73 bits per heavy atom. The number of carboxylic acid groups (broad SMARTS) is 1. The van der Waals surface area contributed by atoms with Gasteiger partial charge in [-0.05, 0) is 12.8 Å². The molecule has 0 aromatic rings. The molecule has 0 aliphatic carbocycles. The van der Waals surface area contributed by atoms with Gasteiger partial charge in [0.05, 0.1) is 12.0 Å². The number of terminal acetylenes is 1. The highest BCUT2D eigenvalue weighted by Crippen LogP contribution is 2.13. The molecule has 1 saturated heterocycles. The molecule has 0 radical (unpaired) electrons. The largest absolute Gasteiger partial charge is 0.481 e. The Bertz CT molecular complexity index is 187. The van der Waals surface area contributed by atoms with E-state index in [1.54, 1.807) is 0 Å². The highest BCUT2D eigenvalue weighted by Gasteiger charge is 2.23. The Hall–Kier alpha value is -1.01. The van der Waals surface area contributed by atoms with Crippen LogP contribution in [-0.4, -0.2) is 23.7 Å². The predicted molar refractivity (Wildman–Crippen MR) is 41.0 cm³/mol. The first-order valence-electron chi connectivity index (χ1n) is 3.66. The molecular weight excluding hydrogens is 142 g/mol. The van der Waals surface area contributed by atoms with Crippen LogP contribution in [0.2, 0.25) is 0 Å². The maximum Gasteiger partial charge on any atom is 0.307 e. The number of rotatable bonds is 1. The van der Waals surface area contributed by atoms with E-state index in [1.807, 2.05) is 0 Å². The Kier molecular flexibility index (Phi) is 2.50. The Morgan fingerprint density at radius 1 is 1.64 bits per heavy atom. The molecule has 2 atom stereocenters. The molecule has 1 aliphatic heterocycles. The van der Waals surface area contributed by atoms with Gasteiger partial charge in [0.25, 0.3) is 0 Å². The fourth-order valence-electron chi connectivity index (χ4n) is 1.21. The zero-order valence-corrected chi connectivity index (χ0v) is 6.21. The van der Waals surface area contributed by atoms with Crippen molar-refractivity contribution in [3.8, 4) is 12.3 Å². The fraction of sp³-hybridized carbons (Fsp3) is 0.625. The van der Waals surface area contributed by atoms with Crippen LogP contribution in [0.25, 0.3) is 0 Å². The van der Waals surface area contributed by atoms with Crippen molar-refractivity contribution in [1.82, 2.24) is 5.32 Å². The highest BCUT2D eigenvalue weighted by atomic mass is 16.4. The molecule has 0 saturated carbocycles. The molecule has 0 bridgehead atoms. The molecule has 2 N–H and O–H groups in total. The van der Waals surface area contributed by atoms with Crippen LogP contribution in [0, 0.1) is 18.3 Å². The van der Waals surface area contributed by atoms with Gasteiger partial charge in [0.2, 0.25) is 0 Å². The van der Waals surface area contributed by atoms with Crippen molar-refractivity contribution in [1.29, 1.82) is 0 Å². The zero-order chi connectivity index (χ0) is 8.27. The SMILES string of the molecule is C#CC1CCC(C(=O)O)CN1. The second-order valence-corrected chi connectivity index (χ2v) is 2.74. The molecule has 0 aromatic heterocycles. The standard InChI is InChI=1S/C8H11NO2/c1-2-7-4-3-6(5-9-7)8(10)11/h1,6-7,9H,3-5H2,(H,10,11). The minimum absolute atomic E-state index is 0.0746. The summed E-state index contributed by atoms with van der Waals surface area (Å²) in [6, 6.07) is 0.0746. The van der Waals surface area contributed by atoms with Crippen molar-refractivity contribution in [2.45, 2.75) is 18.9 Å². The van der Waals surface area contributed by atoms with E-state index in [0.717, 1.165) is 6.42 Å². The lowest BCUT2D eigenvalue weighted by Gasteiger charge is -2.23. The van der Waals surface area contributed by atoms with Crippen molar-refractivity contribution < 1.29 is 9.90 Å². The molecule has 0 amide bonds. The fourth-order valence-corrected chi connectivity index (χ4v) is 1.21. The van der Waals surface area contributed by atoms with E-state index in [9.17, 15) is 4.79 Å². The van der Waals surface area contributed by atoms with Gasteiger partial charge in [-0.25, -0.2) is 0 Å². The van der Waals surface area contributed by atoms with Gasteiger partial charge in [-0.2, -0.15) is 0 Å². The van der Waals surface area contributed by atoms with E-state index >= 15 is 0 Å². The maximum absolute atomic E-state index is 10.5. The number of nitrogens with one attached hydrogen (secondary N) is 1. The van der Waals surface area contributed by atoms with Gasteiger partial charge < -0.3 is 10.4 Å².